The number of aromatic nitrogens is 2. The van der Waals surface area contributed by atoms with E-state index in [1.165, 1.54) is 33.9 Å². The fourth-order valence-electron chi connectivity index (χ4n) is 4.24. The minimum Gasteiger partial charge on any atom is -0.407 e. The number of benzene rings is 2. The molecule has 0 radical (unpaired) electrons. The first-order chi connectivity index (χ1) is 13.3. The first kappa shape index (κ1) is 18.6. The van der Waals surface area contributed by atoms with E-state index < -0.39 is 0 Å². The molecular weight excluding hydrogens is 341 g/mol. The molecule has 142 valence electrons. The van der Waals surface area contributed by atoms with Gasteiger partial charge in [0.05, 0.1) is 7.05 Å². The van der Waals surface area contributed by atoms with Crippen molar-refractivity contribution >= 4 is 23.7 Å². The van der Waals surface area contributed by atoms with Crippen LogP contribution in [0.5, 0.6) is 0 Å². The number of allylic oxidation sites excluding steroid dienone is 1. The molecule has 3 nitrogen and oxygen atoms in total. The lowest BCUT2D eigenvalue weighted by Gasteiger charge is -2.36. The van der Waals surface area contributed by atoms with E-state index in [1.807, 2.05) is 0 Å². The maximum atomic E-state index is 2.45. The molecular formula is C24H29BN3+. The van der Waals surface area contributed by atoms with E-state index in [4.69, 9.17) is 0 Å². The van der Waals surface area contributed by atoms with Gasteiger partial charge in [0, 0.05) is 12.6 Å². The molecule has 1 aromatic heterocycles. The van der Waals surface area contributed by atoms with Gasteiger partial charge in [0.1, 0.15) is 17.5 Å². The van der Waals surface area contributed by atoms with Crippen molar-refractivity contribution in [2.75, 3.05) is 11.9 Å². The van der Waals surface area contributed by atoms with Gasteiger partial charge in [-0.3, -0.25) is 0 Å². The van der Waals surface area contributed by atoms with Crippen molar-refractivity contribution in [3.8, 4) is 5.69 Å². The summed E-state index contributed by atoms with van der Waals surface area (Å²) in [6, 6.07) is 19.3. The molecule has 0 amide bonds. The zero-order valence-electron chi connectivity index (χ0n) is 17.8. The predicted molar refractivity (Wildman–Crippen MR) is 119 cm³/mol. The van der Waals surface area contributed by atoms with Crippen molar-refractivity contribution in [3.05, 3.63) is 78.2 Å². The van der Waals surface area contributed by atoms with Crippen LogP contribution < -0.4 is 15.0 Å². The molecule has 4 rings (SSSR count). The number of hydrogen-bond donors (Lipinski definition) is 0. The van der Waals surface area contributed by atoms with E-state index in [9.17, 15) is 0 Å². The van der Waals surface area contributed by atoms with Crippen LogP contribution in [-0.2, 0) is 7.05 Å². The van der Waals surface area contributed by atoms with Crippen LogP contribution in [0.4, 0.5) is 5.69 Å². The van der Waals surface area contributed by atoms with Crippen LogP contribution in [-0.4, -0.2) is 18.5 Å². The molecule has 0 aliphatic carbocycles. The van der Waals surface area contributed by atoms with E-state index in [1.54, 1.807) is 0 Å². The molecule has 0 saturated heterocycles. The van der Waals surface area contributed by atoms with Gasteiger partial charge in [-0.15, -0.1) is 0 Å². The van der Waals surface area contributed by atoms with Crippen LogP contribution in [0.3, 0.4) is 0 Å². The normalized spacial score (nSPS) is 14.1. The van der Waals surface area contributed by atoms with Crippen LogP contribution >= 0.6 is 0 Å². The molecule has 0 atom stereocenters. The van der Waals surface area contributed by atoms with Crippen molar-refractivity contribution in [1.82, 2.24) is 4.57 Å². The summed E-state index contributed by atoms with van der Waals surface area (Å²) in [7, 11) is 4.37. The highest BCUT2D eigenvalue weighted by atomic mass is 15.2. The Kier molecular flexibility index (Phi) is 4.45. The second kappa shape index (κ2) is 6.70. The van der Waals surface area contributed by atoms with E-state index in [0.29, 0.717) is 0 Å². The molecule has 0 saturated carbocycles. The molecule has 2 aromatic carbocycles. The number of para-hydroxylation sites is 2. The van der Waals surface area contributed by atoms with Crippen molar-refractivity contribution in [1.29, 1.82) is 0 Å². The van der Waals surface area contributed by atoms with Gasteiger partial charge in [0.2, 0.25) is 0 Å². The van der Waals surface area contributed by atoms with Gasteiger partial charge in [-0.1, -0.05) is 63.1 Å². The second-order valence-corrected chi connectivity index (χ2v) is 8.77. The summed E-state index contributed by atoms with van der Waals surface area (Å²) >= 11 is 0. The van der Waals surface area contributed by atoms with Gasteiger partial charge in [-0.25, -0.2) is 9.13 Å². The zero-order valence-corrected chi connectivity index (χ0v) is 17.8. The van der Waals surface area contributed by atoms with Crippen molar-refractivity contribution < 1.29 is 4.57 Å². The highest BCUT2D eigenvalue weighted by Gasteiger charge is 2.38. The molecule has 1 aliphatic heterocycles. The third-order valence-electron chi connectivity index (χ3n) is 5.94. The highest BCUT2D eigenvalue weighted by Crippen LogP contribution is 2.41. The minimum atomic E-state index is 0.0885. The standard InChI is InChI=1S/C24H29BN3/c1-18-26(5)23(17-28(18)19-12-8-7-9-13-19)25-16-21(24(2,3)4)20-14-10-11-15-22(20)27(25)6/h7-17H,1-6H3/q+1. The lowest BCUT2D eigenvalue weighted by atomic mass is 9.52. The summed E-state index contributed by atoms with van der Waals surface area (Å²) in [4.78, 5) is 2.40. The molecule has 28 heavy (non-hydrogen) atoms. The molecule has 0 fully saturated rings. The lowest BCUT2D eigenvalue weighted by molar-refractivity contribution is -0.601. The SMILES string of the molecule is Cc1n(C)c(B2C=C(C(C)(C)C)c3ccccc3N2C)c[n+]1-c1ccccc1. The van der Waals surface area contributed by atoms with Gasteiger partial charge in [-0.05, 0) is 41.8 Å². The first-order valence-electron chi connectivity index (χ1n) is 9.97. The van der Waals surface area contributed by atoms with Crippen molar-refractivity contribution in [2.45, 2.75) is 27.7 Å². The van der Waals surface area contributed by atoms with Gasteiger partial charge in [0.25, 0.3) is 5.82 Å². The Balaban J connectivity index is 1.88. The largest absolute Gasteiger partial charge is 0.407 e. The van der Waals surface area contributed by atoms with Crippen LogP contribution in [0.2, 0.25) is 0 Å². The smallest absolute Gasteiger partial charge is 0.368 e. The van der Waals surface area contributed by atoms with Gasteiger partial charge < -0.3 is 4.81 Å². The number of nitrogens with zero attached hydrogens (tertiary/aromatic N) is 3. The Labute approximate surface area is 169 Å². The fourth-order valence-corrected chi connectivity index (χ4v) is 4.24. The van der Waals surface area contributed by atoms with Crippen LogP contribution in [0, 0.1) is 12.3 Å². The fraction of sp³-hybridized carbons (Fsp3) is 0.292. The first-order valence-corrected chi connectivity index (χ1v) is 9.97. The maximum Gasteiger partial charge on any atom is 0.368 e. The summed E-state index contributed by atoms with van der Waals surface area (Å²) in [6.45, 7) is 9.29. The van der Waals surface area contributed by atoms with Gasteiger partial charge >= 0.3 is 6.85 Å². The van der Waals surface area contributed by atoms with Crippen molar-refractivity contribution in [2.24, 2.45) is 12.5 Å². The second-order valence-electron chi connectivity index (χ2n) is 8.77. The topological polar surface area (TPSA) is 12.1 Å². The Morgan fingerprint density at radius 3 is 2.21 bits per heavy atom. The summed E-state index contributed by atoms with van der Waals surface area (Å²) in [5.74, 6) is 3.67. The van der Waals surface area contributed by atoms with Crippen LogP contribution in [0.15, 0.2) is 66.8 Å². The molecule has 2 heterocycles. The number of anilines is 1. The minimum absolute atomic E-state index is 0.0885. The molecule has 3 aromatic rings. The highest BCUT2D eigenvalue weighted by molar-refractivity contribution is 6.81. The Bertz CT molecular complexity index is 1040. The molecule has 1 aliphatic rings. The van der Waals surface area contributed by atoms with Crippen molar-refractivity contribution in [3.63, 3.8) is 0 Å². The molecule has 0 unspecified atom stereocenters. The lowest BCUT2D eigenvalue weighted by Crippen LogP contribution is -2.50. The molecule has 0 bridgehead atoms. The number of rotatable bonds is 2. The Morgan fingerprint density at radius 1 is 0.893 bits per heavy atom. The van der Waals surface area contributed by atoms with E-state index >= 15 is 0 Å². The quantitative estimate of drug-likeness (QED) is 0.492. The Morgan fingerprint density at radius 2 is 1.54 bits per heavy atom. The molecule has 0 N–H and O–H groups in total. The summed E-state index contributed by atoms with van der Waals surface area (Å²) < 4.78 is 4.60. The van der Waals surface area contributed by atoms with E-state index in [0.717, 1.165) is 0 Å². The van der Waals surface area contributed by atoms with E-state index in [-0.39, 0.29) is 12.3 Å². The summed E-state index contributed by atoms with van der Waals surface area (Å²) in [5, 5.41) is 0. The average molecular weight is 370 g/mol. The third-order valence-corrected chi connectivity index (χ3v) is 5.94. The third kappa shape index (κ3) is 2.97. The maximum absolute atomic E-state index is 2.45. The zero-order chi connectivity index (χ0) is 20.1. The molecule has 4 heteroatoms. The Hall–Kier alpha value is -2.75. The predicted octanol–water partition coefficient (Wildman–Crippen LogP) is 3.93. The van der Waals surface area contributed by atoms with Gasteiger partial charge in [-0.2, -0.15) is 0 Å². The monoisotopic (exact) mass is 370 g/mol. The molecule has 0 spiro atoms. The van der Waals surface area contributed by atoms with Gasteiger partial charge in [0.15, 0.2) is 0 Å². The number of fused-ring (bicyclic) bond motifs is 1. The summed E-state index contributed by atoms with van der Waals surface area (Å²) in [6.07, 6.45) is 2.29. The number of hydrogen-bond acceptors (Lipinski definition) is 1. The summed E-state index contributed by atoms with van der Waals surface area (Å²) in [5.41, 5.74) is 6.63. The van der Waals surface area contributed by atoms with Crippen LogP contribution in [0.1, 0.15) is 32.2 Å². The van der Waals surface area contributed by atoms with E-state index in [2.05, 4.69) is 123 Å². The average Bonchev–Trinajstić information content (AvgIpc) is 2.97. The van der Waals surface area contributed by atoms with Crippen LogP contribution in [0.25, 0.3) is 11.3 Å². The number of imidazole rings is 1.